The first-order valence-corrected chi connectivity index (χ1v) is 23.1. The van der Waals surface area contributed by atoms with Crippen LogP contribution in [-0.4, -0.2) is 96.6 Å². The molecule has 0 radical (unpaired) electrons. The fourth-order valence-electron chi connectivity index (χ4n) is 3.67. The zero-order valence-electron chi connectivity index (χ0n) is 21.7. The van der Waals surface area contributed by atoms with Gasteiger partial charge in [-0.25, -0.2) is 0 Å². The lowest BCUT2D eigenvalue weighted by molar-refractivity contribution is 0.158. The Kier molecular flexibility index (Phi) is 17.0. The van der Waals surface area contributed by atoms with Gasteiger partial charge in [0.2, 0.25) is 0 Å². The first-order chi connectivity index (χ1) is 14.4. The molecule has 184 valence electrons. The van der Waals surface area contributed by atoms with E-state index in [0.29, 0.717) is 36.1 Å². The van der Waals surface area contributed by atoms with Gasteiger partial charge in [0.15, 0.2) is 0 Å². The smallest absolute Gasteiger partial charge is 0.313 e. The SMILES string of the molecule is CCCCOC(=O)[Si](CC(P(C)C)P(C)C)(CC(P(C)C)P(C)C)C(=O)OCCCC. The van der Waals surface area contributed by atoms with Crippen molar-refractivity contribution in [2.75, 3.05) is 66.5 Å². The van der Waals surface area contributed by atoms with E-state index in [1.807, 2.05) is 0 Å². The van der Waals surface area contributed by atoms with Crippen molar-refractivity contribution in [3.8, 4) is 0 Å². The van der Waals surface area contributed by atoms with Crippen molar-refractivity contribution >= 4 is 50.9 Å². The summed E-state index contributed by atoms with van der Waals surface area (Å²) >= 11 is 0. The molecular formula is C22H48O4P4Si. The summed E-state index contributed by atoms with van der Waals surface area (Å²) in [5, 5.41) is 0.879. The standard InChI is InChI=1S/C22H48O4P4Si/c1-11-13-15-25-21(23)31(22(24)26-16-14-12-2,17-19(27(3)4)28(5)6)18-20(29(7)8)30(9)10/h19-20H,11-18H2,1-10H3. The highest BCUT2D eigenvalue weighted by atomic mass is 31.2. The Labute approximate surface area is 198 Å². The van der Waals surface area contributed by atoms with Crippen molar-refractivity contribution in [2.45, 2.75) is 62.4 Å². The third-order valence-corrected chi connectivity index (χ3v) is 22.2. The van der Waals surface area contributed by atoms with Crippen LogP contribution >= 0.6 is 31.7 Å². The van der Waals surface area contributed by atoms with E-state index in [-0.39, 0.29) is 42.9 Å². The highest BCUT2D eigenvalue weighted by Gasteiger charge is 2.56. The van der Waals surface area contributed by atoms with E-state index >= 15 is 0 Å². The van der Waals surface area contributed by atoms with E-state index < -0.39 is 8.07 Å². The van der Waals surface area contributed by atoms with E-state index in [1.54, 1.807) is 0 Å². The fraction of sp³-hybridized carbons (Fsp3) is 0.909. The van der Waals surface area contributed by atoms with Gasteiger partial charge < -0.3 is 9.47 Å². The zero-order valence-corrected chi connectivity index (χ0v) is 26.3. The molecule has 0 aromatic carbocycles. The number of ether oxygens (including phenoxy) is 2. The van der Waals surface area contributed by atoms with Crippen LogP contribution in [0.15, 0.2) is 0 Å². The van der Waals surface area contributed by atoms with Gasteiger partial charge in [-0.15, -0.1) is 31.7 Å². The highest BCUT2D eigenvalue weighted by molar-refractivity contribution is 7.75. The molecule has 0 saturated heterocycles. The van der Waals surface area contributed by atoms with Crippen LogP contribution < -0.4 is 0 Å². The quantitative estimate of drug-likeness (QED) is 0.115. The van der Waals surface area contributed by atoms with Crippen molar-refractivity contribution in [3.63, 3.8) is 0 Å². The van der Waals surface area contributed by atoms with E-state index in [1.165, 1.54) is 0 Å². The Morgan fingerprint density at radius 1 is 0.645 bits per heavy atom. The van der Waals surface area contributed by atoms with Gasteiger partial charge in [0.1, 0.15) is 0 Å². The van der Waals surface area contributed by atoms with Gasteiger partial charge in [-0.3, -0.25) is 9.59 Å². The molecule has 0 aliphatic carbocycles. The predicted octanol–water partition coefficient (Wildman–Crippen LogP) is 8.09. The maximum atomic E-state index is 13.7. The number of unbranched alkanes of at least 4 members (excludes halogenated alkanes) is 2. The average molecular weight is 529 g/mol. The van der Waals surface area contributed by atoms with E-state index in [0.717, 1.165) is 25.7 Å². The summed E-state index contributed by atoms with van der Waals surface area (Å²) in [4.78, 5) is 27.5. The zero-order chi connectivity index (χ0) is 24.2. The van der Waals surface area contributed by atoms with Crippen molar-refractivity contribution < 1.29 is 19.1 Å². The van der Waals surface area contributed by atoms with Crippen LogP contribution in [-0.2, 0) is 9.47 Å². The van der Waals surface area contributed by atoms with Crippen LogP contribution in [0.4, 0.5) is 9.59 Å². The normalized spacial score (nSPS) is 12.6. The van der Waals surface area contributed by atoms with Gasteiger partial charge in [0, 0.05) is 0 Å². The van der Waals surface area contributed by atoms with Gasteiger partial charge in [-0.2, -0.15) is 0 Å². The molecule has 0 bridgehead atoms. The molecule has 31 heavy (non-hydrogen) atoms. The first kappa shape index (κ1) is 31.9. The van der Waals surface area contributed by atoms with Gasteiger partial charge >= 0.3 is 8.07 Å². The molecule has 0 fully saturated rings. The topological polar surface area (TPSA) is 52.6 Å². The highest BCUT2D eigenvalue weighted by Crippen LogP contribution is 2.58. The van der Waals surface area contributed by atoms with Crippen molar-refractivity contribution in [2.24, 2.45) is 0 Å². The third-order valence-electron chi connectivity index (χ3n) is 5.69. The third kappa shape index (κ3) is 10.8. The van der Waals surface area contributed by atoms with Crippen molar-refractivity contribution in [1.29, 1.82) is 0 Å². The summed E-state index contributed by atoms with van der Waals surface area (Å²) < 4.78 is 11.7. The molecule has 4 nitrogen and oxygen atoms in total. The Balaban J connectivity index is 6.34. The number of carbonyl (C=O) groups is 2. The molecule has 0 atom stereocenters. The van der Waals surface area contributed by atoms with Gasteiger partial charge in [-0.1, -0.05) is 26.7 Å². The largest absolute Gasteiger partial charge is 0.470 e. The van der Waals surface area contributed by atoms with Gasteiger partial charge in [0.05, 0.1) is 13.2 Å². The molecule has 0 aliphatic rings. The number of hydrogen-bond acceptors (Lipinski definition) is 4. The Bertz CT molecular complexity index is 468. The monoisotopic (exact) mass is 528 g/mol. The minimum Gasteiger partial charge on any atom is -0.470 e. The first-order valence-electron chi connectivity index (χ1n) is 11.4. The lowest BCUT2D eigenvalue weighted by Gasteiger charge is -2.38. The summed E-state index contributed by atoms with van der Waals surface area (Å²) in [6.45, 7) is 23.4. The molecular weight excluding hydrogens is 480 g/mol. The Morgan fingerprint density at radius 3 is 1.16 bits per heavy atom. The molecule has 0 aliphatic heterocycles. The minimum atomic E-state index is -3.14. The second kappa shape index (κ2) is 16.5. The molecule has 0 unspecified atom stereocenters. The molecule has 0 aromatic heterocycles. The second-order valence-electron chi connectivity index (χ2n) is 9.28. The van der Waals surface area contributed by atoms with Crippen LogP contribution in [0, 0.1) is 0 Å². The summed E-state index contributed by atoms with van der Waals surface area (Å²) in [5.41, 5.74) is -0.389. The maximum absolute atomic E-state index is 13.7. The Hall–Kier alpha value is 0.877. The maximum Gasteiger partial charge on any atom is 0.313 e. The van der Waals surface area contributed by atoms with Crippen LogP contribution in [0.25, 0.3) is 0 Å². The molecule has 0 spiro atoms. The summed E-state index contributed by atoms with van der Waals surface area (Å²) in [5.74, 6) is 0. The molecule has 0 rings (SSSR count). The van der Waals surface area contributed by atoms with Crippen molar-refractivity contribution in [3.05, 3.63) is 0 Å². The average Bonchev–Trinajstić information content (AvgIpc) is 2.67. The number of carbonyl (C=O) groups excluding carboxylic acids is 2. The van der Waals surface area contributed by atoms with Gasteiger partial charge in [-0.05, 0) is 89.0 Å². The van der Waals surface area contributed by atoms with Crippen LogP contribution in [0.5, 0.6) is 0 Å². The molecule has 0 saturated carbocycles. The van der Waals surface area contributed by atoms with Crippen LogP contribution in [0.2, 0.25) is 12.1 Å². The van der Waals surface area contributed by atoms with Gasteiger partial charge in [0.25, 0.3) is 11.2 Å². The minimum absolute atomic E-state index is 0.195. The summed E-state index contributed by atoms with van der Waals surface area (Å²) in [7, 11) is -4.12. The summed E-state index contributed by atoms with van der Waals surface area (Å²) in [6.07, 6.45) is 3.64. The Morgan fingerprint density at radius 2 is 0.935 bits per heavy atom. The molecule has 0 aromatic rings. The number of hydrogen-bond donors (Lipinski definition) is 0. The molecule has 0 heterocycles. The number of rotatable bonds is 16. The second-order valence-corrected chi connectivity index (χ2v) is 24.1. The lowest BCUT2D eigenvalue weighted by Crippen LogP contribution is -2.56. The van der Waals surface area contributed by atoms with Crippen LogP contribution in [0.1, 0.15) is 39.5 Å². The lowest BCUT2D eigenvalue weighted by atomic mass is 10.4. The van der Waals surface area contributed by atoms with E-state index in [2.05, 4.69) is 67.2 Å². The van der Waals surface area contributed by atoms with Crippen molar-refractivity contribution in [1.82, 2.24) is 0 Å². The predicted molar refractivity (Wildman–Crippen MR) is 151 cm³/mol. The molecule has 0 amide bonds. The molecule has 9 heteroatoms. The molecule has 0 N–H and O–H groups in total. The van der Waals surface area contributed by atoms with E-state index in [9.17, 15) is 9.59 Å². The van der Waals surface area contributed by atoms with E-state index in [4.69, 9.17) is 9.47 Å². The summed E-state index contributed by atoms with van der Waals surface area (Å²) in [6, 6.07) is 1.42. The van der Waals surface area contributed by atoms with Crippen LogP contribution in [0.3, 0.4) is 0 Å². The fourth-order valence-corrected chi connectivity index (χ4v) is 23.6.